The second-order valence-corrected chi connectivity index (χ2v) is 2.41. The van der Waals surface area contributed by atoms with Gasteiger partial charge in [0.1, 0.15) is 19.1 Å². The third kappa shape index (κ3) is 2.27. The fourth-order valence-corrected chi connectivity index (χ4v) is 1.11. The van der Waals surface area contributed by atoms with Crippen LogP contribution in [0.15, 0.2) is 12.5 Å². The average Bonchev–Trinajstić information content (AvgIpc) is 2.41. The Bertz CT molecular complexity index is 108. The van der Waals surface area contributed by atoms with Gasteiger partial charge < -0.3 is 15.2 Å². The Kier molecular flexibility index (Phi) is 3.09. The Morgan fingerprint density at radius 2 is 2.60 bits per heavy atom. The van der Waals surface area contributed by atoms with E-state index in [1.807, 2.05) is 0 Å². The predicted molar refractivity (Wildman–Crippen MR) is 38.7 cm³/mol. The van der Waals surface area contributed by atoms with Gasteiger partial charge in [0.05, 0.1) is 0 Å². The Hall–Kier alpha value is -0.700. The van der Waals surface area contributed by atoms with E-state index in [1.54, 1.807) is 0 Å². The summed E-state index contributed by atoms with van der Waals surface area (Å²) in [7, 11) is 0. The Morgan fingerprint density at radius 3 is 3.20 bits per heavy atom. The van der Waals surface area contributed by atoms with Crippen LogP contribution in [0.2, 0.25) is 0 Å². The van der Waals surface area contributed by atoms with Gasteiger partial charge in [0, 0.05) is 6.04 Å². The predicted octanol–water partition coefficient (Wildman–Crippen LogP) is 0.784. The molecule has 0 aliphatic carbocycles. The lowest BCUT2D eigenvalue weighted by Crippen LogP contribution is -2.25. The third-order valence-electron chi connectivity index (χ3n) is 1.62. The summed E-state index contributed by atoms with van der Waals surface area (Å²) in [6.07, 6.45) is 4.63. The summed E-state index contributed by atoms with van der Waals surface area (Å²) in [5, 5.41) is 11.5. The van der Waals surface area contributed by atoms with Crippen molar-refractivity contribution < 1.29 is 9.84 Å². The van der Waals surface area contributed by atoms with E-state index in [1.165, 1.54) is 19.1 Å². The van der Waals surface area contributed by atoms with Gasteiger partial charge in [-0.25, -0.2) is 0 Å². The van der Waals surface area contributed by atoms with E-state index in [4.69, 9.17) is 9.84 Å². The minimum Gasteiger partial charge on any atom is -0.512 e. The quantitative estimate of drug-likeness (QED) is 0.574. The monoisotopic (exact) mass is 143 g/mol. The van der Waals surface area contributed by atoms with Gasteiger partial charge in [-0.1, -0.05) is 0 Å². The van der Waals surface area contributed by atoms with Crippen LogP contribution in [-0.2, 0) is 4.74 Å². The first-order valence-electron chi connectivity index (χ1n) is 3.57. The summed E-state index contributed by atoms with van der Waals surface area (Å²) in [6, 6.07) is 0.483. The molecule has 0 bridgehead atoms. The van der Waals surface area contributed by atoms with Crippen LogP contribution >= 0.6 is 0 Å². The van der Waals surface area contributed by atoms with Gasteiger partial charge in [0.2, 0.25) is 0 Å². The summed E-state index contributed by atoms with van der Waals surface area (Å²) in [6.45, 7) is 1.76. The Balaban J connectivity index is 2.01. The molecule has 3 heteroatoms. The Labute approximate surface area is 60.7 Å². The molecule has 0 radical (unpaired) electrons. The lowest BCUT2D eigenvalue weighted by Gasteiger charge is -2.07. The smallest absolute Gasteiger partial charge is 0.117 e. The second kappa shape index (κ2) is 4.17. The summed E-state index contributed by atoms with van der Waals surface area (Å²) < 4.78 is 4.97. The number of hydrogen-bond donors (Lipinski definition) is 2. The molecule has 1 aliphatic heterocycles. The van der Waals surface area contributed by atoms with Gasteiger partial charge in [0.15, 0.2) is 0 Å². The van der Waals surface area contributed by atoms with Gasteiger partial charge in [-0.3, -0.25) is 0 Å². The lowest BCUT2D eigenvalue weighted by atomic mass is 10.2. The summed E-state index contributed by atoms with van der Waals surface area (Å²) in [5.74, 6) is 0. The van der Waals surface area contributed by atoms with Crippen LogP contribution in [-0.4, -0.2) is 24.3 Å². The van der Waals surface area contributed by atoms with Crippen LogP contribution in [0.25, 0.3) is 0 Å². The SMILES string of the molecule is OC=COCC1CCCN1. The van der Waals surface area contributed by atoms with Crippen LogP contribution < -0.4 is 5.32 Å². The first-order valence-corrected chi connectivity index (χ1v) is 3.57. The Morgan fingerprint density at radius 1 is 1.70 bits per heavy atom. The molecule has 0 amide bonds. The molecule has 0 saturated carbocycles. The lowest BCUT2D eigenvalue weighted by molar-refractivity contribution is 0.210. The zero-order valence-electron chi connectivity index (χ0n) is 5.92. The molecular formula is C7H13NO2. The van der Waals surface area contributed by atoms with Crippen LogP contribution in [0.3, 0.4) is 0 Å². The van der Waals surface area contributed by atoms with E-state index in [2.05, 4.69) is 5.32 Å². The number of ether oxygens (including phenoxy) is 1. The molecule has 1 rings (SSSR count). The molecular weight excluding hydrogens is 130 g/mol. The van der Waals surface area contributed by atoms with Crippen LogP contribution in [0.4, 0.5) is 0 Å². The summed E-state index contributed by atoms with van der Waals surface area (Å²) >= 11 is 0. The zero-order valence-corrected chi connectivity index (χ0v) is 5.92. The molecule has 58 valence electrons. The first-order chi connectivity index (χ1) is 4.93. The van der Waals surface area contributed by atoms with Crippen LogP contribution in [0.5, 0.6) is 0 Å². The van der Waals surface area contributed by atoms with Gasteiger partial charge in [-0.05, 0) is 19.4 Å². The molecule has 0 aromatic carbocycles. The molecule has 10 heavy (non-hydrogen) atoms. The molecule has 1 saturated heterocycles. The topological polar surface area (TPSA) is 41.5 Å². The number of aliphatic hydroxyl groups excluding tert-OH is 1. The largest absolute Gasteiger partial charge is 0.512 e. The molecule has 0 spiro atoms. The van der Waals surface area contributed by atoms with Crippen molar-refractivity contribution in [3.05, 3.63) is 12.5 Å². The maximum Gasteiger partial charge on any atom is 0.117 e. The molecule has 1 aliphatic rings. The van der Waals surface area contributed by atoms with Gasteiger partial charge in [-0.15, -0.1) is 0 Å². The number of hydrogen-bond acceptors (Lipinski definition) is 3. The zero-order chi connectivity index (χ0) is 7.23. The maximum absolute atomic E-state index is 8.21. The second-order valence-electron chi connectivity index (χ2n) is 2.41. The fourth-order valence-electron chi connectivity index (χ4n) is 1.11. The van der Waals surface area contributed by atoms with Crippen molar-refractivity contribution in [2.45, 2.75) is 18.9 Å². The average molecular weight is 143 g/mol. The molecule has 3 nitrogen and oxygen atoms in total. The van der Waals surface area contributed by atoms with Crippen molar-refractivity contribution in [1.82, 2.24) is 5.32 Å². The van der Waals surface area contributed by atoms with E-state index in [0.717, 1.165) is 12.8 Å². The minimum absolute atomic E-state index is 0.483. The summed E-state index contributed by atoms with van der Waals surface area (Å²) in [5.41, 5.74) is 0. The molecule has 1 heterocycles. The van der Waals surface area contributed by atoms with Crippen molar-refractivity contribution in [2.75, 3.05) is 13.2 Å². The molecule has 0 aromatic heterocycles. The van der Waals surface area contributed by atoms with Gasteiger partial charge in [0.25, 0.3) is 0 Å². The number of rotatable bonds is 3. The van der Waals surface area contributed by atoms with E-state index >= 15 is 0 Å². The number of nitrogens with one attached hydrogen (secondary N) is 1. The number of aliphatic hydroxyl groups is 1. The van der Waals surface area contributed by atoms with Crippen molar-refractivity contribution in [1.29, 1.82) is 0 Å². The van der Waals surface area contributed by atoms with Crippen molar-refractivity contribution in [3.63, 3.8) is 0 Å². The highest BCUT2D eigenvalue weighted by atomic mass is 16.5. The highest BCUT2D eigenvalue weighted by Crippen LogP contribution is 2.04. The first kappa shape index (κ1) is 7.41. The van der Waals surface area contributed by atoms with E-state index in [0.29, 0.717) is 12.6 Å². The van der Waals surface area contributed by atoms with E-state index in [9.17, 15) is 0 Å². The molecule has 1 fully saturated rings. The van der Waals surface area contributed by atoms with Gasteiger partial charge in [-0.2, -0.15) is 0 Å². The van der Waals surface area contributed by atoms with Crippen molar-refractivity contribution in [2.24, 2.45) is 0 Å². The van der Waals surface area contributed by atoms with E-state index in [-0.39, 0.29) is 0 Å². The molecule has 2 N–H and O–H groups in total. The maximum atomic E-state index is 8.21. The molecule has 1 unspecified atom stereocenters. The van der Waals surface area contributed by atoms with Crippen LogP contribution in [0, 0.1) is 0 Å². The highest BCUT2D eigenvalue weighted by Gasteiger charge is 2.12. The standard InChI is InChI=1S/C7H13NO2/c9-4-5-10-6-7-2-1-3-8-7/h4-5,7-9H,1-3,6H2. The van der Waals surface area contributed by atoms with E-state index < -0.39 is 0 Å². The normalized spacial score (nSPS) is 25.8. The van der Waals surface area contributed by atoms with Crippen molar-refractivity contribution >= 4 is 0 Å². The van der Waals surface area contributed by atoms with Crippen molar-refractivity contribution in [3.8, 4) is 0 Å². The molecule has 1 atom stereocenters. The fraction of sp³-hybridized carbons (Fsp3) is 0.714. The highest BCUT2D eigenvalue weighted by molar-refractivity contribution is 4.74. The van der Waals surface area contributed by atoms with Crippen LogP contribution in [0.1, 0.15) is 12.8 Å². The molecule has 0 aromatic rings. The third-order valence-corrected chi connectivity index (χ3v) is 1.62. The minimum atomic E-state index is 0.483. The summed E-state index contributed by atoms with van der Waals surface area (Å²) in [4.78, 5) is 0. The van der Waals surface area contributed by atoms with Gasteiger partial charge >= 0.3 is 0 Å².